The zero-order valence-electron chi connectivity index (χ0n) is 15.0. The van der Waals surface area contributed by atoms with Crippen LogP contribution in [0.4, 0.5) is 0 Å². The van der Waals surface area contributed by atoms with Crippen LogP contribution in [0.1, 0.15) is 52.4 Å². The number of hydrogen-bond donors (Lipinski definition) is 1. The van der Waals surface area contributed by atoms with Crippen molar-refractivity contribution in [2.75, 3.05) is 7.11 Å². The number of esters is 1. The first-order valence-corrected chi connectivity index (χ1v) is 9.47. The second-order valence-corrected chi connectivity index (χ2v) is 8.91. The van der Waals surface area contributed by atoms with Crippen LogP contribution in [0.15, 0.2) is 12.2 Å². The van der Waals surface area contributed by atoms with Gasteiger partial charge < -0.3 is 10.1 Å². The van der Waals surface area contributed by atoms with Crippen LogP contribution in [0, 0.1) is 34.5 Å². The maximum Gasteiger partial charge on any atom is 0.309 e. The van der Waals surface area contributed by atoms with Gasteiger partial charge in [0.2, 0.25) is 5.91 Å². The zero-order chi connectivity index (χ0) is 17.1. The first kappa shape index (κ1) is 16.2. The Balaban J connectivity index is 1.64. The molecule has 1 amide bonds. The minimum Gasteiger partial charge on any atom is -0.469 e. The summed E-state index contributed by atoms with van der Waals surface area (Å²) in [5.41, 5.74) is 0.167. The van der Waals surface area contributed by atoms with Crippen molar-refractivity contribution in [3.8, 4) is 0 Å². The zero-order valence-corrected chi connectivity index (χ0v) is 15.0. The third-order valence-electron chi connectivity index (χ3n) is 8.17. The summed E-state index contributed by atoms with van der Waals surface area (Å²) in [6.45, 7) is 4.66. The van der Waals surface area contributed by atoms with Crippen molar-refractivity contribution in [3.63, 3.8) is 0 Å². The van der Waals surface area contributed by atoms with Gasteiger partial charge in [0.05, 0.1) is 13.0 Å². The molecule has 24 heavy (non-hydrogen) atoms. The Morgan fingerprint density at radius 1 is 1.17 bits per heavy atom. The minimum absolute atomic E-state index is 0.0110. The number of nitrogens with one attached hydrogen (secondary N) is 1. The predicted octanol–water partition coefficient (Wildman–Crippen LogP) is 3.07. The van der Waals surface area contributed by atoms with Gasteiger partial charge >= 0.3 is 5.97 Å². The molecule has 0 bridgehead atoms. The Morgan fingerprint density at radius 3 is 2.71 bits per heavy atom. The average molecular weight is 331 g/mol. The molecule has 0 radical (unpaired) electrons. The molecule has 1 N–H and O–H groups in total. The fraction of sp³-hybridized carbons (Fsp3) is 0.800. The highest BCUT2D eigenvalue weighted by atomic mass is 16.5. The van der Waals surface area contributed by atoms with Gasteiger partial charge in [0, 0.05) is 11.5 Å². The molecule has 4 nitrogen and oxygen atoms in total. The van der Waals surface area contributed by atoms with Crippen LogP contribution < -0.4 is 5.32 Å². The van der Waals surface area contributed by atoms with Crippen molar-refractivity contribution in [1.82, 2.24) is 5.32 Å². The van der Waals surface area contributed by atoms with Crippen LogP contribution in [0.25, 0.3) is 0 Å². The highest BCUT2D eigenvalue weighted by molar-refractivity contribution is 5.89. The molecule has 7 atom stereocenters. The Labute approximate surface area is 144 Å². The van der Waals surface area contributed by atoms with Gasteiger partial charge in [-0.1, -0.05) is 19.9 Å². The molecular formula is C20H29NO3. The van der Waals surface area contributed by atoms with Crippen molar-refractivity contribution in [2.45, 2.75) is 58.4 Å². The molecule has 0 aromatic carbocycles. The molecule has 0 saturated heterocycles. The molecule has 3 fully saturated rings. The monoisotopic (exact) mass is 331 g/mol. The summed E-state index contributed by atoms with van der Waals surface area (Å²) in [5, 5.41) is 3.20. The predicted molar refractivity (Wildman–Crippen MR) is 91.0 cm³/mol. The number of carbonyl (C=O) groups is 2. The standard InChI is InChI=1S/C20H29NO3/c1-19-10-8-14-12(13(19)5-6-15(19)18(23)24-3)4-7-16-20(14,2)11-9-17(22)21-16/h9,11-16H,4-8,10H2,1-3H3,(H,21,22)/t12-,13-,14+,15-,16-,19+,20-/m1/s1. The van der Waals surface area contributed by atoms with E-state index in [-0.39, 0.29) is 34.7 Å². The van der Waals surface area contributed by atoms with Crippen LogP contribution >= 0.6 is 0 Å². The van der Waals surface area contributed by atoms with Crippen LogP contribution in [-0.2, 0) is 14.3 Å². The van der Waals surface area contributed by atoms with E-state index in [1.165, 1.54) is 13.5 Å². The Kier molecular flexibility index (Phi) is 3.59. The molecule has 0 aromatic heterocycles. The number of hydrogen-bond acceptors (Lipinski definition) is 3. The van der Waals surface area contributed by atoms with E-state index in [1.807, 2.05) is 0 Å². The van der Waals surface area contributed by atoms with Gasteiger partial charge in [-0.3, -0.25) is 9.59 Å². The van der Waals surface area contributed by atoms with Gasteiger partial charge in [0.25, 0.3) is 0 Å². The van der Waals surface area contributed by atoms with E-state index in [0.717, 1.165) is 32.1 Å². The molecule has 3 aliphatic carbocycles. The third-order valence-corrected chi connectivity index (χ3v) is 8.17. The van der Waals surface area contributed by atoms with Gasteiger partial charge in [-0.15, -0.1) is 0 Å². The van der Waals surface area contributed by atoms with Gasteiger partial charge in [0.1, 0.15) is 0 Å². The quantitative estimate of drug-likeness (QED) is 0.751. The average Bonchev–Trinajstić information content (AvgIpc) is 2.92. The van der Waals surface area contributed by atoms with E-state index in [1.54, 1.807) is 6.08 Å². The smallest absolute Gasteiger partial charge is 0.309 e. The molecule has 0 spiro atoms. The maximum atomic E-state index is 12.3. The van der Waals surface area contributed by atoms with E-state index in [9.17, 15) is 9.59 Å². The summed E-state index contributed by atoms with van der Waals surface area (Å²) in [4.78, 5) is 24.0. The molecule has 1 heterocycles. The van der Waals surface area contributed by atoms with E-state index >= 15 is 0 Å². The molecule has 1 aliphatic heterocycles. The second kappa shape index (κ2) is 5.34. The lowest BCUT2D eigenvalue weighted by atomic mass is 9.48. The number of ether oxygens (including phenoxy) is 1. The first-order chi connectivity index (χ1) is 11.4. The summed E-state index contributed by atoms with van der Waals surface area (Å²) >= 11 is 0. The fourth-order valence-electron chi connectivity index (χ4n) is 6.86. The summed E-state index contributed by atoms with van der Waals surface area (Å²) in [6.07, 6.45) is 10.5. The van der Waals surface area contributed by atoms with Crippen molar-refractivity contribution < 1.29 is 14.3 Å². The second-order valence-electron chi connectivity index (χ2n) is 8.91. The van der Waals surface area contributed by atoms with Gasteiger partial charge in [-0.25, -0.2) is 0 Å². The van der Waals surface area contributed by atoms with Crippen LogP contribution in [-0.4, -0.2) is 25.0 Å². The van der Waals surface area contributed by atoms with Crippen molar-refractivity contribution in [3.05, 3.63) is 12.2 Å². The lowest BCUT2D eigenvalue weighted by molar-refractivity contribution is -0.153. The third kappa shape index (κ3) is 2.04. The summed E-state index contributed by atoms with van der Waals surface area (Å²) in [7, 11) is 1.52. The SMILES string of the molecule is COC(=O)[C@H]1CC[C@@H]2[C@H]3CC[C@H]4NC(=O)C=C[C@]4(C)[C@H]3CC[C@]12C. The maximum absolute atomic E-state index is 12.3. The normalized spacial score (nSPS) is 49.6. The van der Waals surface area contributed by atoms with E-state index in [0.29, 0.717) is 17.8 Å². The molecule has 0 unspecified atom stereocenters. The number of carbonyl (C=O) groups excluding carboxylic acids is 2. The number of methoxy groups -OCH3 is 1. The Morgan fingerprint density at radius 2 is 1.96 bits per heavy atom. The summed E-state index contributed by atoms with van der Waals surface area (Å²) in [5.74, 6) is 2.01. The largest absolute Gasteiger partial charge is 0.469 e. The van der Waals surface area contributed by atoms with Crippen molar-refractivity contribution in [1.29, 1.82) is 0 Å². The molecule has 132 valence electrons. The molecule has 4 rings (SSSR count). The Bertz CT molecular complexity index is 600. The van der Waals surface area contributed by atoms with Crippen LogP contribution in [0.5, 0.6) is 0 Å². The number of rotatable bonds is 1. The molecule has 4 aliphatic rings. The lowest BCUT2D eigenvalue weighted by Crippen LogP contribution is -2.59. The summed E-state index contributed by atoms with van der Waals surface area (Å²) < 4.78 is 5.10. The van der Waals surface area contributed by atoms with Crippen LogP contribution in [0.2, 0.25) is 0 Å². The van der Waals surface area contributed by atoms with Crippen LogP contribution in [0.3, 0.4) is 0 Å². The Hall–Kier alpha value is -1.32. The van der Waals surface area contributed by atoms with E-state index in [2.05, 4.69) is 25.2 Å². The topological polar surface area (TPSA) is 55.4 Å². The molecular weight excluding hydrogens is 302 g/mol. The van der Waals surface area contributed by atoms with Crippen molar-refractivity contribution in [2.24, 2.45) is 34.5 Å². The highest BCUT2D eigenvalue weighted by Crippen LogP contribution is 2.65. The van der Waals surface area contributed by atoms with E-state index in [4.69, 9.17) is 4.74 Å². The first-order valence-electron chi connectivity index (χ1n) is 9.47. The lowest BCUT2D eigenvalue weighted by Gasteiger charge is -2.58. The van der Waals surface area contributed by atoms with Gasteiger partial charge in [0.15, 0.2) is 0 Å². The molecule has 3 saturated carbocycles. The fourth-order valence-corrected chi connectivity index (χ4v) is 6.86. The highest BCUT2D eigenvalue weighted by Gasteiger charge is 2.61. The molecule has 4 heteroatoms. The number of amides is 1. The van der Waals surface area contributed by atoms with Crippen molar-refractivity contribution >= 4 is 11.9 Å². The minimum atomic E-state index is -0.0110. The van der Waals surface area contributed by atoms with E-state index < -0.39 is 0 Å². The van der Waals surface area contributed by atoms with Gasteiger partial charge in [-0.2, -0.15) is 0 Å². The molecule has 0 aromatic rings. The van der Waals surface area contributed by atoms with Gasteiger partial charge in [-0.05, 0) is 67.8 Å². The summed E-state index contributed by atoms with van der Waals surface area (Å²) in [6, 6.07) is 0.276. The number of fused-ring (bicyclic) bond motifs is 5.